The Morgan fingerprint density at radius 1 is 1.12 bits per heavy atom. The molecule has 0 bridgehead atoms. The molecular weight excluding hydrogens is 414 g/mol. The van der Waals surface area contributed by atoms with Crippen molar-refractivity contribution in [2.45, 2.75) is 56.1 Å². The smallest absolute Gasteiger partial charge is 0.257 e. The van der Waals surface area contributed by atoms with Gasteiger partial charge in [0, 0.05) is 31.6 Å². The van der Waals surface area contributed by atoms with Crippen molar-refractivity contribution < 1.29 is 13.9 Å². The summed E-state index contributed by atoms with van der Waals surface area (Å²) in [6.07, 6.45) is 7.12. The predicted molar refractivity (Wildman–Crippen MR) is 125 cm³/mol. The van der Waals surface area contributed by atoms with Crippen molar-refractivity contribution in [3.05, 3.63) is 71.4 Å². The zero-order valence-electron chi connectivity index (χ0n) is 19.0. The molecule has 4 aliphatic rings. The van der Waals surface area contributed by atoms with Crippen LogP contribution in [0.15, 0.2) is 53.1 Å². The van der Waals surface area contributed by atoms with Gasteiger partial charge in [-0.25, -0.2) is 0 Å². The van der Waals surface area contributed by atoms with E-state index in [-0.39, 0.29) is 17.0 Å². The fourth-order valence-corrected chi connectivity index (χ4v) is 6.16. The number of amides is 1. The van der Waals surface area contributed by atoms with E-state index >= 15 is 0 Å². The van der Waals surface area contributed by atoms with E-state index in [1.807, 2.05) is 17.9 Å². The third-order valence-corrected chi connectivity index (χ3v) is 8.13. The van der Waals surface area contributed by atoms with E-state index < -0.39 is 0 Å². The number of furan rings is 1. The number of aromatic nitrogens is 1. The Morgan fingerprint density at radius 3 is 2.76 bits per heavy atom. The van der Waals surface area contributed by atoms with Gasteiger partial charge in [-0.15, -0.1) is 0 Å². The highest BCUT2D eigenvalue weighted by atomic mass is 16.5. The molecule has 1 N–H and O–H groups in total. The van der Waals surface area contributed by atoms with Crippen LogP contribution in [0, 0.1) is 6.92 Å². The minimum Gasteiger partial charge on any atom is -0.465 e. The minimum absolute atomic E-state index is 0.101. The average Bonchev–Trinajstić information content (AvgIpc) is 3.25. The van der Waals surface area contributed by atoms with Gasteiger partial charge in [0.2, 0.25) is 0 Å². The minimum atomic E-state index is -0.232. The zero-order valence-corrected chi connectivity index (χ0v) is 19.0. The number of nitrogens with one attached hydrogen (secondary N) is 1. The maximum absolute atomic E-state index is 13.3. The Balaban J connectivity index is 1.10. The molecular formula is C27H29N3O3. The molecule has 3 aliphatic heterocycles. The quantitative estimate of drug-likeness (QED) is 0.607. The molecule has 1 aromatic carbocycles. The average molecular weight is 444 g/mol. The highest BCUT2D eigenvalue weighted by molar-refractivity contribution is 5.95. The van der Waals surface area contributed by atoms with Crippen LogP contribution in [0.5, 0.6) is 0 Å². The van der Waals surface area contributed by atoms with Gasteiger partial charge in [-0.3, -0.25) is 4.79 Å². The van der Waals surface area contributed by atoms with Gasteiger partial charge in [-0.05, 0) is 62.9 Å². The van der Waals surface area contributed by atoms with Gasteiger partial charge in [0.05, 0.1) is 34.8 Å². The van der Waals surface area contributed by atoms with Crippen molar-refractivity contribution in [1.29, 1.82) is 0 Å². The third-order valence-electron chi connectivity index (χ3n) is 8.13. The molecule has 33 heavy (non-hydrogen) atoms. The number of aryl methyl sites for hydroxylation is 1. The van der Waals surface area contributed by atoms with Gasteiger partial charge in [0.25, 0.3) is 5.91 Å². The second-order valence-electron chi connectivity index (χ2n) is 10.3. The zero-order chi connectivity index (χ0) is 22.2. The fourth-order valence-electron chi connectivity index (χ4n) is 6.16. The van der Waals surface area contributed by atoms with Gasteiger partial charge in [-0.2, -0.15) is 0 Å². The van der Waals surface area contributed by atoms with Crippen LogP contribution in [0.1, 0.15) is 65.6 Å². The van der Waals surface area contributed by atoms with Gasteiger partial charge >= 0.3 is 0 Å². The molecule has 5 heterocycles. The highest BCUT2D eigenvalue weighted by Crippen LogP contribution is 2.50. The van der Waals surface area contributed by atoms with Crippen LogP contribution in [0.4, 0.5) is 5.69 Å². The summed E-state index contributed by atoms with van der Waals surface area (Å²) in [5.41, 5.74) is 3.90. The Morgan fingerprint density at radius 2 is 1.94 bits per heavy atom. The first-order chi connectivity index (χ1) is 16.1. The SMILES string of the molecule is Cc1oc(C2CC2)cc1C(=O)N1CCC2(CC1)C[C@]1(CO2)Nc2ccccc2-n2cccc21. The maximum atomic E-state index is 13.3. The summed E-state index contributed by atoms with van der Waals surface area (Å²) < 4.78 is 14.8. The molecule has 3 aromatic rings. The first-order valence-corrected chi connectivity index (χ1v) is 12.1. The number of likely N-dealkylation sites (tertiary alicyclic amines) is 1. The Labute approximate surface area is 193 Å². The summed E-state index contributed by atoms with van der Waals surface area (Å²) in [5, 5.41) is 3.83. The number of rotatable bonds is 2. The lowest BCUT2D eigenvalue weighted by atomic mass is 9.79. The number of benzene rings is 1. The fraction of sp³-hybridized carbons (Fsp3) is 0.444. The van der Waals surface area contributed by atoms with Gasteiger partial charge in [0.1, 0.15) is 17.1 Å². The molecule has 0 unspecified atom stereocenters. The standard InChI is InChI=1S/C27H29N3O3/c1-18-20(15-23(33-18)19-8-9-19)25(31)29-13-10-26(11-14-29)16-27(17-32-26)24-7-4-12-30(24)22-6-3-2-5-21(22)28-27/h2-7,12,15,19,28H,8-11,13-14,16-17H2,1H3/t27-/m1/s1. The van der Waals surface area contributed by atoms with Crippen molar-refractivity contribution in [1.82, 2.24) is 9.47 Å². The first-order valence-electron chi connectivity index (χ1n) is 12.1. The molecule has 1 saturated carbocycles. The highest BCUT2D eigenvalue weighted by Gasteiger charge is 2.54. The maximum Gasteiger partial charge on any atom is 0.257 e. The number of anilines is 1. The number of carbonyl (C=O) groups is 1. The Bertz CT molecular complexity index is 1250. The van der Waals surface area contributed by atoms with Crippen LogP contribution in [0.25, 0.3) is 5.69 Å². The second kappa shape index (κ2) is 6.76. The van der Waals surface area contributed by atoms with Crippen molar-refractivity contribution in [2.24, 2.45) is 0 Å². The summed E-state index contributed by atoms with van der Waals surface area (Å²) in [4.78, 5) is 15.2. The molecule has 6 heteroatoms. The summed E-state index contributed by atoms with van der Waals surface area (Å²) in [5.74, 6) is 2.36. The largest absolute Gasteiger partial charge is 0.465 e. The van der Waals surface area contributed by atoms with Crippen molar-refractivity contribution in [3.63, 3.8) is 0 Å². The van der Waals surface area contributed by atoms with E-state index in [0.717, 1.165) is 55.1 Å². The molecule has 6 nitrogen and oxygen atoms in total. The number of nitrogens with zero attached hydrogens (tertiary/aromatic N) is 2. The van der Waals surface area contributed by atoms with Gasteiger partial charge in [-0.1, -0.05) is 12.1 Å². The molecule has 3 fully saturated rings. The van der Waals surface area contributed by atoms with E-state index in [4.69, 9.17) is 9.15 Å². The number of carbonyl (C=O) groups excluding carboxylic acids is 1. The van der Waals surface area contributed by atoms with E-state index in [1.165, 1.54) is 24.2 Å². The predicted octanol–water partition coefficient (Wildman–Crippen LogP) is 4.97. The molecule has 2 spiro atoms. The van der Waals surface area contributed by atoms with E-state index in [2.05, 4.69) is 52.5 Å². The lowest BCUT2D eigenvalue weighted by Crippen LogP contribution is -2.48. The molecule has 1 atom stereocenters. The van der Waals surface area contributed by atoms with Crippen molar-refractivity contribution >= 4 is 11.6 Å². The van der Waals surface area contributed by atoms with Crippen LogP contribution in [0.2, 0.25) is 0 Å². The van der Waals surface area contributed by atoms with Gasteiger partial charge in [0.15, 0.2) is 0 Å². The second-order valence-corrected chi connectivity index (χ2v) is 10.3. The number of ether oxygens (including phenoxy) is 1. The first kappa shape index (κ1) is 19.5. The van der Waals surface area contributed by atoms with Crippen LogP contribution in [-0.2, 0) is 10.3 Å². The molecule has 2 aromatic heterocycles. The Hall–Kier alpha value is -2.99. The third kappa shape index (κ3) is 2.93. The number of fused-ring (bicyclic) bond motifs is 4. The normalized spacial score (nSPS) is 25.2. The van der Waals surface area contributed by atoms with Crippen LogP contribution < -0.4 is 5.32 Å². The lowest BCUT2D eigenvalue weighted by Gasteiger charge is -2.41. The van der Waals surface area contributed by atoms with E-state index in [0.29, 0.717) is 12.5 Å². The lowest BCUT2D eigenvalue weighted by molar-refractivity contribution is -0.0392. The monoisotopic (exact) mass is 443 g/mol. The number of hydrogen-bond donors (Lipinski definition) is 1. The van der Waals surface area contributed by atoms with Crippen molar-refractivity contribution in [3.8, 4) is 5.69 Å². The summed E-state index contributed by atoms with van der Waals surface area (Å²) >= 11 is 0. The summed E-state index contributed by atoms with van der Waals surface area (Å²) in [6, 6.07) is 14.8. The molecule has 170 valence electrons. The van der Waals surface area contributed by atoms with Crippen LogP contribution in [0.3, 0.4) is 0 Å². The topological polar surface area (TPSA) is 59.6 Å². The number of para-hydroxylation sites is 2. The van der Waals surface area contributed by atoms with E-state index in [9.17, 15) is 4.79 Å². The van der Waals surface area contributed by atoms with Gasteiger partial charge < -0.3 is 23.9 Å². The molecule has 0 radical (unpaired) electrons. The summed E-state index contributed by atoms with van der Waals surface area (Å²) in [6.45, 7) is 3.99. The van der Waals surface area contributed by atoms with E-state index in [1.54, 1.807) is 0 Å². The molecule has 1 aliphatic carbocycles. The summed E-state index contributed by atoms with van der Waals surface area (Å²) in [7, 11) is 0. The Kier molecular flexibility index (Phi) is 3.99. The van der Waals surface area contributed by atoms with Crippen LogP contribution in [-0.4, -0.2) is 40.7 Å². The molecule has 7 rings (SSSR count). The number of piperidine rings is 1. The number of hydrogen-bond acceptors (Lipinski definition) is 4. The molecule has 1 amide bonds. The van der Waals surface area contributed by atoms with Crippen molar-refractivity contribution in [2.75, 3.05) is 25.0 Å². The molecule has 2 saturated heterocycles. The van der Waals surface area contributed by atoms with Crippen LogP contribution >= 0.6 is 0 Å².